The van der Waals surface area contributed by atoms with Crippen LogP contribution in [0.1, 0.15) is 31.4 Å². The van der Waals surface area contributed by atoms with E-state index in [-0.39, 0.29) is 28.1 Å². The molecule has 1 N–H and O–H groups in total. The van der Waals surface area contributed by atoms with Crippen LogP contribution in [-0.2, 0) is 26.0 Å². The Kier molecular flexibility index (Phi) is 10.3. The van der Waals surface area contributed by atoms with Gasteiger partial charge in [0.15, 0.2) is 0 Å². The molecule has 0 spiro atoms. The molecule has 0 aromatic heterocycles. The summed E-state index contributed by atoms with van der Waals surface area (Å²) in [4.78, 5) is 28.1. The number of amides is 2. The van der Waals surface area contributed by atoms with Gasteiger partial charge in [0, 0.05) is 13.1 Å². The van der Waals surface area contributed by atoms with Gasteiger partial charge in [-0.2, -0.15) is 0 Å². The molecule has 3 aromatic rings. The molecule has 2 amide bonds. The quantitative estimate of drug-likeness (QED) is 0.347. The number of benzene rings is 3. The Bertz CT molecular complexity index is 1330. The molecule has 7 nitrogen and oxygen atoms in total. The molecule has 9 heteroatoms. The molecule has 0 saturated carbocycles. The standard InChI is InChI=1S/C29H34ClN3O4S/c1-4-19-31-29(35)23(3)32(20-18-24-10-6-5-7-11-24)28(34)21-33(27-13-9-8-12-26(27)30)38(36,37)25-16-14-22(2)15-17-25/h5-17,23H,4,18-21H2,1-3H3,(H,31,35). The van der Waals surface area contributed by atoms with Crippen LogP contribution in [0.2, 0.25) is 5.02 Å². The fourth-order valence-corrected chi connectivity index (χ4v) is 5.69. The van der Waals surface area contributed by atoms with Gasteiger partial charge in [0.2, 0.25) is 11.8 Å². The fourth-order valence-electron chi connectivity index (χ4n) is 3.97. The topological polar surface area (TPSA) is 86.8 Å². The van der Waals surface area contributed by atoms with Crippen LogP contribution in [-0.4, -0.2) is 50.8 Å². The van der Waals surface area contributed by atoms with Gasteiger partial charge in [-0.3, -0.25) is 13.9 Å². The number of hydrogen-bond donors (Lipinski definition) is 1. The van der Waals surface area contributed by atoms with Crippen LogP contribution in [0.25, 0.3) is 0 Å². The number of nitrogens with one attached hydrogen (secondary N) is 1. The van der Waals surface area contributed by atoms with E-state index >= 15 is 0 Å². The molecule has 38 heavy (non-hydrogen) atoms. The summed E-state index contributed by atoms with van der Waals surface area (Å²) in [5.74, 6) is -0.797. The van der Waals surface area contributed by atoms with Gasteiger partial charge in [-0.15, -0.1) is 0 Å². The Labute approximate surface area is 230 Å². The van der Waals surface area contributed by atoms with Crippen molar-refractivity contribution in [3.05, 3.63) is 95.0 Å². The highest BCUT2D eigenvalue weighted by molar-refractivity contribution is 7.92. The summed E-state index contributed by atoms with van der Waals surface area (Å²) in [5, 5.41) is 3.03. The lowest BCUT2D eigenvalue weighted by Crippen LogP contribution is -2.52. The molecule has 0 heterocycles. The van der Waals surface area contributed by atoms with Crippen LogP contribution in [0.15, 0.2) is 83.8 Å². The first-order valence-electron chi connectivity index (χ1n) is 12.6. The second-order valence-corrected chi connectivity index (χ2v) is 11.3. The van der Waals surface area contributed by atoms with E-state index in [4.69, 9.17) is 11.6 Å². The van der Waals surface area contributed by atoms with Gasteiger partial charge in [-0.05, 0) is 56.5 Å². The number of anilines is 1. The van der Waals surface area contributed by atoms with Crippen molar-refractivity contribution < 1.29 is 18.0 Å². The maximum absolute atomic E-state index is 13.8. The zero-order valence-corrected chi connectivity index (χ0v) is 23.5. The number of halogens is 1. The largest absolute Gasteiger partial charge is 0.354 e. The lowest BCUT2D eigenvalue weighted by Gasteiger charge is -2.32. The van der Waals surface area contributed by atoms with Crippen LogP contribution in [0.5, 0.6) is 0 Å². The number of nitrogens with zero attached hydrogens (tertiary/aromatic N) is 2. The lowest BCUT2D eigenvalue weighted by molar-refractivity contribution is -0.138. The summed E-state index contributed by atoms with van der Waals surface area (Å²) in [6.45, 7) is 5.67. The third-order valence-electron chi connectivity index (χ3n) is 6.21. The van der Waals surface area contributed by atoms with E-state index in [0.29, 0.717) is 13.0 Å². The summed E-state index contributed by atoms with van der Waals surface area (Å²) in [7, 11) is -4.15. The maximum atomic E-state index is 13.8. The van der Waals surface area contributed by atoms with Gasteiger partial charge in [0.1, 0.15) is 12.6 Å². The highest BCUT2D eigenvalue weighted by Gasteiger charge is 2.33. The lowest BCUT2D eigenvalue weighted by atomic mass is 10.1. The van der Waals surface area contributed by atoms with Gasteiger partial charge >= 0.3 is 0 Å². The molecule has 202 valence electrons. The zero-order chi connectivity index (χ0) is 27.7. The summed E-state index contributed by atoms with van der Waals surface area (Å²) >= 11 is 6.42. The number of sulfonamides is 1. The zero-order valence-electron chi connectivity index (χ0n) is 21.9. The third kappa shape index (κ3) is 7.36. The average molecular weight is 556 g/mol. The Balaban J connectivity index is 1.97. The highest BCUT2D eigenvalue weighted by atomic mass is 35.5. The molecular weight excluding hydrogens is 522 g/mol. The highest BCUT2D eigenvalue weighted by Crippen LogP contribution is 2.30. The summed E-state index contributed by atoms with van der Waals surface area (Å²) < 4.78 is 28.6. The van der Waals surface area contributed by atoms with Crippen LogP contribution in [0.4, 0.5) is 5.69 Å². The molecule has 1 atom stereocenters. The average Bonchev–Trinajstić information content (AvgIpc) is 2.91. The Hall–Kier alpha value is -3.36. The van der Waals surface area contributed by atoms with Crippen molar-refractivity contribution in [2.75, 3.05) is 23.9 Å². The third-order valence-corrected chi connectivity index (χ3v) is 8.30. The van der Waals surface area contributed by atoms with E-state index in [1.165, 1.54) is 17.0 Å². The molecule has 1 unspecified atom stereocenters. The van der Waals surface area contributed by atoms with E-state index in [1.54, 1.807) is 43.3 Å². The minimum Gasteiger partial charge on any atom is -0.354 e. The van der Waals surface area contributed by atoms with E-state index in [9.17, 15) is 18.0 Å². The Morgan fingerprint density at radius 1 is 0.947 bits per heavy atom. The van der Waals surface area contributed by atoms with Crippen LogP contribution < -0.4 is 9.62 Å². The van der Waals surface area contributed by atoms with E-state index in [1.807, 2.05) is 44.2 Å². The fraction of sp³-hybridized carbons (Fsp3) is 0.310. The van der Waals surface area contributed by atoms with Crippen molar-refractivity contribution in [1.29, 1.82) is 0 Å². The summed E-state index contributed by atoms with van der Waals surface area (Å²) in [6.07, 6.45) is 1.26. The number of hydrogen-bond acceptors (Lipinski definition) is 4. The second kappa shape index (κ2) is 13.4. The van der Waals surface area contributed by atoms with Gasteiger partial charge in [0.05, 0.1) is 15.6 Å². The number of aryl methyl sites for hydroxylation is 1. The monoisotopic (exact) mass is 555 g/mol. The van der Waals surface area contributed by atoms with E-state index < -0.39 is 28.5 Å². The van der Waals surface area contributed by atoms with Crippen molar-refractivity contribution in [3.8, 4) is 0 Å². The van der Waals surface area contributed by atoms with Gasteiger partial charge < -0.3 is 10.2 Å². The first kappa shape index (κ1) is 29.2. The number of carbonyl (C=O) groups excluding carboxylic acids is 2. The van der Waals surface area contributed by atoms with Gasteiger partial charge in [0.25, 0.3) is 10.0 Å². The molecule has 3 rings (SSSR count). The second-order valence-electron chi connectivity index (χ2n) is 9.07. The molecular formula is C29H34ClN3O4S. The molecule has 0 aliphatic heterocycles. The Morgan fingerprint density at radius 3 is 2.21 bits per heavy atom. The Morgan fingerprint density at radius 2 is 1.58 bits per heavy atom. The summed E-state index contributed by atoms with van der Waals surface area (Å²) in [6, 6.07) is 21.7. The van der Waals surface area contributed by atoms with Crippen LogP contribution in [0.3, 0.4) is 0 Å². The van der Waals surface area contributed by atoms with Crippen molar-refractivity contribution in [2.45, 2.75) is 44.6 Å². The SMILES string of the molecule is CCCNC(=O)C(C)N(CCc1ccccc1)C(=O)CN(c1ccccc1Cl)S(=O)(=O)c1ccc(C)cc1. The van der Waals surface area contributed by atoms with Gasteiger partial charge in [-0.25, -0.2) is 8.42 Å². The minimum absolute atomic E-state index is 0.0420. The minimum atomic E-state index is -4.15. The van der Waals surface area contributed by atoms with Crippen molar-refractivity contribution in [2.24, 2.45) is 0 Å². The van der Waals surface area contributed by atoms with Crippen molar-refractivity contribution >= 4 is 39.1 Å². The van der Waals surface area contributed by atoms with Gasteiger partial charge in [-0.1, -0.05) is 78.7 Å². The molecule has 0 bridgehead atoms. The molecule has 0 saturated heterocycles. The van der Waals surface area contributed by atoms with Crippen LogP contribution in [0, 0.1) is 6.92 Å². The number of rotatable bonds is 12. The normalized spacial score (nSPS) is 12.0. The smallest absolute Gasteiger partial charge is 0.264 e. The molecule has 0 aliphatic rings. The predicted octanol–water partition coefficient (Wildman–Crippen LogP) is 4.83. The molecule has 0 radical (unpaired) electrons. The number of carbonyl (C=O) groups is 2. The molecule has 0 fully saturated rings. The van der Waals surface area contributed by atoms with Crippen molar-refractivity contribution in [1.82, 2.24) is 10.2 Å². The maximum Gasteiger partial charge on any atom is 0.264 e. The molecule has 3 aromatic carbocycles. The summed E-state index contributed by atoms with van der Waals surface area (Å²) in [5.41, 5.74) is 2.10. The van der Waals surface area contributed by atoms with Crippen LogP contribution >= 0.6 is 11.6 Å². The first-order valence-corrected chi connectivity index (χ1v) is 14.4. The molecule has 0 aliphatic carbocycles. The predicted molar refractivity (Wildman–Crippen MR) is 152 cm³/mol. The number of para-hydroxylation sites is 1. The van der Waals surface area contributed by atoms with E-state index in [0.717, 1.165) is 21.9 Å². The van der Waals surface area contributed by atoms with Crippen molar-refractivity contribution in [3.63, 3.8) is 0 Å². The first-order chi connectivity index (χ1) is 18.1. The van der Waals surface area contributed by atoms with E-state index in [2.05, 4.69) is 5.32 Å².